The third-order valence-corrected chi connectivity index (χ3v) is 3.23. The van der Waals surface area contributed by atoms with Crippen molar-refractivity contribution in [3.05, 3.63) is 33.9 Å². The minimum absolute atomic E-state index is 0.334. The summed E-state index contributed by atoms with van der Waals surface area (Å²) in [5.74, 6) is -1.33. The van der Waals surface area contributed by atoms with Crippen molar-refractivity contribution in [1.82, 2.24) is 0 Å². The van der Waals surface area contributed by atoms with Crippen molar-refractivity contribution in [1.29, 1.82) is 0 Å². The van der Waals surface area contributed by atoms with Crippen LogP contribution < -0.4 is 4.90 Å². The van der Waals surface area contributed by atoms with Crippen molar-refractivity contribution < 1.29 is 19.9 Å². The van der Waals surface area contributed by atoms with E-state index in [0.29, 0.717) is 25.2 Å². The van der Waals surface area contributed by atoms with Crippen LogP contribution in [0.1, 0.15) is 23.7 Å². The van der Waals surface area contributed by atoms with Gasteiger partial charge in [0.1, 0.15) is 5.56 Å². The third kappa shape index (κ3) is 2.65. The average molecular weight is 266 g/mol. The molecule has 0 aliphatic carbocycles. The number of carbonyl (C=O) groups is 1. The van der Waals surface area contributed by atoms with E-state index in [1.165, 1.54) is 18.2 Å². The van der Waals surface area contributed by atoms with Crippen LogP contribution in [0.25, 0.3) is 0 Å². The fourth-order valence-corrected chi connectivity index (χ4v) is 2.21. The Morgan fingerprint density at radius 2 is 2.21 bits per heavy atom. The summed E-state index contributed by atoms with van der Waals surface area (Å²) >= 11 is 0. The molecular weight excluding hydrogens is 252 g/mol. The molecule has 0 amide bonds. The Morgan fingerprint density at radius 3 is 2.68 bits per heavy atom. The van der Waals surface area contributed by atoms with Crippen molar-refractivity contribution in [2.75, 3.05) is 18.0 Å². The zero-order chi connectivity index (χ0) is 14.2. The van der Waals surface area contributed by atoms with Crippen LogP contribution in [-0.2, 0) is 0 Å². The SMILES string of the molecule is CC1(O)CCN(c2ccc(C(=O)O)c([N+](=O)[O-])c2)C1. The zero-order valence-corrected chi connectivity index (χ0v) is 10.4. The number of benzene rings is 1. The van der Waals surface area contributed by atoms with Crippen LogP contribution in [0.5, 0.6) is 0 Å². The Bertz CT molecular complexity index is 541. The van der Waals surface area contributed by atoms with E-state index >= 15 is 0 Å². The molecule has 1 aromatic rings. The van der Waals surface area contributed by atoms with Gasteiger partial charge in [0.15, 0.2) is 0 Å². The van der Waals surface area contributed by atoms with Crippen LogP contribution in [0.4, 0.5) is 11.4 Å². The highest BCUT2D eigenvalue weighted by atomic mass is 16.6. The number of β-amino-alcohol motifs (C(OH)–C–C–N with tert-alkyl or cyclic N) is 1. The van der Waals surface area contributed by atoms with Gasteiger partial charge in [-0.3, -0.25) is 10.1 Å². The molecule has 1 aromatic carbocycles. The molecule has 1 unspecified atom stereocenters. The number of aliphatic hydroxyl groups is 1. The standard InChI is InChI=1S/C12H14N2O5/c1-12(17)4-5-13(7-12)8-2-3-9(11(15)16)10(6-8)14(18)19/h2-3,6,17H,4-5,7H2,1H3,(H,15,16). The number of carboxylic acids is 1. The average Bonchev–Trinajstić information content (AvgIpc) is 2.68. The Labute approximate surface area is 109 Å². The fourth-order valence-electron chi connectivity index (χ4n) is 2.21. The fraction of sp³-hybridized carbons (Fsp3) is 0.417. The van der Waals surface area contributed by atoms with E-state index in [2.05, 4.69) is 0 Å². The minimum Gasteiger partial charge on any atom is -0.477 e. The van der Waals surface area contributed by atoms with Crippen LogP contribution in [0, 0.1) is 10.1 Å². The molecule has 1 saturated heterocycles. The Balaban J connectivity index is 2.37. The normalized spacial score (nSPS) is 22.5. The molecule has 2 rings (SSSR count). The number of hydrogen-bond donors (Lipinski definition) is 2. The number of nitro benzene ring substituents is 1. The summed E-state index contributed by atoms with van der Waals surface area (Å²) in [6.07, 6.45) is 0.571. The largest absolute Gasteiger partial charge is 0.477 e. The molecule has 1 heterocycles. The number of carboxylic acid groups (broad SMARTS) is 1. The van der Waals surface area contributed by atoms with Crippen molar-refractivity contribution in [2.45, 2.75) is 18.9 Å². The van der Waals surface area contributed by atoms with Crippen LogP contribution >= 0.6 is 0 Å². The molecule has 1 aliphatic heterocycles. The zero-order valence-electron chi connectivity index (χ0n) is 10.4. The predicted octanol–water partition coefficient (Wildman–Crippen LogP) is 1.25. The second-order valence-electron chi connectivity index (χ2n) is 4.93. The van der Waals surface area contributed by atoms with Crippen LogP contribution in [0.15, 0.2) is 18.2 Å². The van der Waals surface area contributed by atoms with Crippen molar-refractivity contribution >= 4 is 17.3 Å². The van der Waals surface area contributed by atoms with Gasteiger partial charge in [0.25, 0.3) is 5.69 Å². The van der Waals surface area contributed by atoms with E-state index < -0.39 is 22.2 Å². The highest BCUT2D eigenvalue weighted by Gasteiger charge is 2.32. The first-order chi connectivity index (χ1) is 8.80. The molecule has 1 atom stereocenters. The lowest BCUT2D eigenvalue weighted by molar-refractivity contribution is -0.385. The molecule has 0 bridgehead atoms. The van der Waals surface area contributed by atoms with E-state index in [-0.39, 0.29) is 5.56 Å². The monoisotopic (exact) mass is 266 g/mol. The number of anilines is 1. The molecule has 19 heavy (non-hydrogen) atoms. The van der Waals surface area contributed by atoms with E-state index in [1.807, 2.05) is 0 Å². The first-order valence-corrected chi connectivity index (χ1v) is 5.79. The number of rotatable bonds is 3. The van der Waals surface area contributed by atoms with Gasteiger partial charge in [0.05, 0.1) is 10.5 Å². The molecule has 7 nitrogen and oxygen atoms in total. The molecule has 7 heteroatoms. The van der Waals surface area contributed by atoms with Crippen LogP contribution in [0.3, 0.4) is 0 Å². The summed E-state index contributed by atoms with van der Waals surface area (Å²) in [5.41, 5.74) is -1.04. The molecule has 0 saturated carbocycles. The summed E-state index contributed by atoms with van der Waals surface area (Å²) in [5, 5.41) is 29.7. The van der Waals surface area contributed by atoms with Gasteiger partial charge in [-0.15, -0.1) is 0 Å². The number of aromatic carboxylic acids is 1. The van der Waals surface area contributed by atoms with Gasteiger partial charge in [-0.2, -0.15) is 0 Å². The maximum atomic E-state index is 10.9. The van der Waals surface area contributed by atoms with Gasteiger partial charge >= 0.3 is 5.97 Å². The first kappa shape index (κ1) is 13.3. The predicted molar refractivity (Wildman–Crippen MR) is 67.5 cm³/mol. The molecular formula is C12H14N2O5. The number of nitrogens with zero attached hydrogens (tertiary/aromatic N) is 2. The van der Waals surface area contributed by atoms with E-state index in [1.54, 1.807) is 11.8 Å². The van der Waals surface area contributed by atoms with Gasteiger partial charge in [-0.1, -0.05) is 0 Å². The van der Waals surface area contributed by atoms with Crippen molar-refractivity contribution in [2.24, 2.45) is 0 Å². The summed E-state index contributed by atoms with van der Waals surface area (Å²) in [6, 6.07) is 3.99. The van der Waals surface area contributed by atoms with Gasteiger partial charge in [0, 0.05) is 24.8 Å². The highest BCUT2D eigenvalue weighted by Crippen LogP contribution is 2.30. The lowest BCUT2D eigenvalue weighted by Gasteiger charge is -2.20. The summed E-state index contributed by atoms with van der Waals surface area (Å²) < 4.78 is 0. The Kier molecular flexibility index (Phi) is 3.15. The van der Waals surface area contributed by atoms with Gasteiger partial charge < -0.3 is 15.1 Å². The van der Waals surface area contributed by atoms with Gasteiger partial charge in [-0.05, 0) is 25.5 Å². The summed E-state index contributed by atoms with van der Waals surface area (Å²) in [6.45, 7) is 2.65. The van der Waals surface area contributed by atoms with E-state index in [9.17, 15) is 20.0 Å². The molecule has 2 N–H and O–H groups in total. The maximum absolute atomic E-state index is 10.9. The topological polar surface area (TPSA) is 104 Å². The van der Waals surface area contributed by atoms with Gasteiger partial charge in [-0.25, -0.2) is 4.79 Å². The van der Waals surface area contributed by atoms with Gasteiger partial charge in [0.2, 0.25) is 0 Å². The van der Waals surface area contributed by atoms with E-state index in [4.69, 9.17) is 5.11 Å². The lowest BCUT2D eigenvalue weighted by Crippen LogP contribution is -2.29. The number of hydrogen-bond acceptors (Lipinski definition) is 5. The van der Waals surface area contributed by atoms with Crippen molar-refractivity contribution in [3.8, 4) is 0 Å². The lowest BCUT2D eigenvalue weighted by atomic mass is 10.1. The quantitative estimate of drug-likeness (QED) is 0.630. The van der Waals surface area contributed by atoms with Crippen LogP contribution in [0.2, 0.25) is 0 Å². The van der Waals surface area contributed by atoms with Crippen LogP contribution in [-0.4, -0.2) is 39.8 Å². The Morgan fingerprint density at radius 1 is 1.53 bits per heavy atom. The molecule has 1 fully saturated rings. The molecule has 0 aromatic heterocycles. The van der Waals surface area contributed by atoms with Crippen molar-refractivity contribution in [3.63, 3.8) is 0 Å². The molecule has 1 aliphatic rings. The highest BCUT2D eigenvalue weighted by molar-refractivity contribution is 5.93. The second kappa shape index (κ2) is 4.51. The summed E-state index contributed by atoms with van der Waals surface area (Å²) in [4.78, 5) is 22.9. The molecule has 0 radical (unpaired) electrons. The number of nitro groups is 1. The minimum atomic E-state index is -1.33. The smallest absolute Gasteiger partial charge is 0.342 e. The maximum Gasteiger partial charge on any atom is 0.342 e. The second-order valence-corrected chi connectivity index (χ2v) is 4.93. The first-order valence-electron chi connectivity index (χ1n) is 5.79. The molecule has 0 spiro atoms. The molecule has 102 valence electrons. The third-order valence-electron chi connectivity index (χ3n) is 3.23. The summed E-state index contributed by atoms with van der Waals surface area (Å²) in [7, 11) is 0. The Hall–Kier alpha value is -2.15. The van der Waals surface area contributed by atoms with E-state index in [0.717, 1.165) is 0 Å².